The number of aryl methyl sites for hydroxylation is 1. The molecule has 0 aromatic rings. The molecule has 0 saturated heterocycles. The first-order chi connectivity index (χ1) is 6.40. The summed E-state index contributed by atoms with van der Waals surface area (Å²) in [6.45, 7) is 2.22. The van der Waals surface area contributed by atoms with Crippen LogP contribution < -0.4 is 0 Å². The monoisotopic (exact) mass is 174 g/mol. The third kappa shape index (κ3) is 1.74. The Labute approximate surface area is 78.7 Å². The van der Waals surface area contributed by atoms with Gasteiger partial charge < -0.3 is 4.42 Å². The van der Waals surface area contributed by atoms with Crippen molar-refractivity contribution in [1.29, 1.82) is 0 Å². The molecule has 0 unspecified atom stereocenters. The number of hydrogen-bond donors (Lipinski definition) is 0. The molecule has 68 valence electrons. The second-order valence-corrected chi connectivity index (χ2v) is 3.43. The normalized spacial score (nSPS) is 10.8. The van der Waals surface area contributed by atoms with Gasteiger partial charge in [-0.05, 0) is 36.1 Å². The van der Waals surface area contributed by atoms with Gasteiger partial charge in [-0.15, -0.1) is 0 Å². The van der Waals surface area contributed by atoms with Crippen molar-refractivity contribution in [1.82, 2.24) is 0 Å². The molecule has 2 aliphatic rings. The molecule has 0 aromatic heterocycles. The number of fused-ring (bicyclic) bond motifs is 1. The summed E-state index contributed by atoms with van der Waals surface area (Å²) in [6.07, 6.45) is 7.25. The molecule has 0 spiro atoms. The molecule has 0 bridgehead atoms. The molecule has 1 aliphatic carbocycles. The maximum Gasteiger partial charge on any atom is 0.0979 e. The van der Waals surface area contributed by atoms with Gasteiger partial charge in [0.05, 0.1) is 12.5 Å². The lowest BCUT2D eigenvalue weighted by Gasteiger charge is -1.91. The van der Waals surface area contributed by atoms with Crippen molar-refractivity contribution >= 4 is 0 Å². The molecule has 0 fully saturated rings. The molecule has 0 radical (unpaired) electrons. The summed E-state index contributed by atoms with van der Waals surface area (Å²) in [4.78, 5) is 0. The van der Waals surface area contributed by atoms with Gasteiger partial charge in [-0.2, -0.15) is 0 Å². The quantitative estimate of drug-likeness (QED) is 0.691. The van der Waals surface area contributed by atoms with Gasteiger partial charge in [0.25, 0.3) is 0 Å². The first kappa shape index (κ1) is 8.36. The molecule has 0 atom stereocenters. The summed E-state index contributed by atoms with van der Waals surface area (Å²) < 4.78 is 5.11. The van der Waals surface area contributed by atoms with E-state index in [1.165, 1.54) is 36.0 Å². The van der Waals surface area contributed by atoms with E-state index in [1.54, 1.807) is 6.26 Å². The molecule has 0 saturated carbocycles. The van der Waals surface area contributed by atoms with E-state index in [9.17, 15) is 0 Å². The Morgan fingerprint density at radius 3 is 2.85 bits per heavy atom. The lowest BCUT2D eigenvalue weighted by Crippen LogP contribution is -1.77. The van der Waals surface area contributed by atoms with E-state index in [0.29, 0.717) is 0 Å². The van der Waals surface area contributed by atoms with Crippen molar-refractivity contribution < 1.29 is 4.42 Å². The van der Waals surface area contributed by atoms with E-state index >= 15 is 0 Å². The molecule has 1 nitrogen and oxygen atoms in total. The molecule has 0 N–H and O–H groups in total. The topological polar surface area (TPSA) is 13.1 Å². The van der Waals surface area contributed by atoms with Gasteiger partial charge in [-0.25, -0.2) is 0 Å². The van der Waals surface area contributed by atoms with Crippen LogP contribution in [0, 0.1) is 0 Å². The van der Waals surface area contributed by atoms with Crippen LogP contribution in [0.4, 0.5) is 0 Å². The molecule has 0 amide bonds. The second-order valence-electron chi connectivity index (χ2n) is 3.43. The van der Waals surface area contributed by atoms with Crippen LogP contribution in [0.1, 0.15) is 25.3 Å². The van der Waals surface area contributed by atoms with Crippen molar-refractivity contribution in [3.63, 3.8) is 0 Å². The van der Waals surface area contributed by atoms with Gasteiger partial charge in [0.2, 0.25) is 0 Å². The predicted molar refractivity (Wildman–Crippen MR) is 53.9 cm³/mol. The zero-order valence-electron chi connectivity index (χ0n) is 7.92. The van der Waals surface area contributed by atoms with E-state index in [4.69, 9.17) is 4.42 Å². The first-order valence-corrected chi connectivity index (χ1v) is 4.85. The Hall–Kier alpha value is -1.24. The predicted octanol–water partition coefficient (Wildman–Crippen LogP) is 3.73. The summed E-state index contributed by atoms with van der Waals surface area (Å²) in [5.41, 5.74) is 3.93. The van der Waals surface area contributed by atoms with Gasteiger partial charge in [-0.3, -0.25) is 0 Å². The molecule has 2 rings (SSSR count). The number of rotatable bonds is 3. The molecular formula is C12H14O. The summed E-state index contributed by atoms with van der Waals surface area (Å²) in [5, 5.41) is 0. The summed E-state index contributed by atoms with van der Waals surface area (Å²) in [5.74, 6) is 0. The van der Waals surface area contributed by atoms with Crippen LogP contribution in [-0.4, -0.2) is 0 Å². The fraction of sp³-hybridized carbons (Fsp3) is 0.333. The average molecular weight is 174 g/mol. The van der Waals surface area contributed by atoms with E-state index in [0.717, 1.165) is 0 Å². The Morgan fingerprint density at radius 1 is 1.23 bits per heavy atom. The molecule has 0 aromatic carbocycles. The van der Waals surface area contributed by atoms with E-state index < -0.39 is 0 Å². The summed E-state index contributed by atoms with van der Waals surface area (Å²) in [6, 6.07) is 6.49. The SMILES string of the molecule is CCCCc1cc2ccocc-2c1. The Bertz CT molecular complexity index is 318. The second kappa shape index (κ2) is 3.65. The smallest absolute Gasteiger partial charge is 0.0979 e. The zero-order chi connectivity index (χ0) is 9.10. The van der Waals surface area contributed by atoms with E-state index in [1.807, 2.05) is 12.3 Å². The van der Waals surface area contributed by atoms with Crippen molar-refractivity contribution in [2.45, 2.75) is 26.2 Å². The van der Waals surface area contributed by atoms with Crippen molar-refractivity contribution in [3.8, 4) is 11.1 Å². The lowest BCUT2D eigenvalue weighted by atomic mass is 10.1. The minimum Gasteiger partial charge on any atom is -0.472 e. The van der Waals surface area contributed by atoms with Gasteiger partial charge in [0, 0.05) is 5.56 Å². The Morgan fingerprint density at radius 2 is 2.08 bits per heavy atom. The van der Waals surface area contributed by atoms with Crippen LogP contribution in [-0.2, 0) is 6.42 Å². The first-order valence-electron chi connectivity index (χ1n) is 4.85. The maximum atomic E-state index is 5.11. The van der Waals surface area contributed by atoms with Gasteiger partial charge >= 0.3 is 0 Å². The molecular weight excluding hydrogens is 160 g/mol. The summed E-state index contributed by atoms with van der Waals surface area (Å²) >= 11 is 0. The van der Waals surface area contributed by atoms with Crippen LogP contribution in [0.5, 0.6) is 0 Å². The Kier molecular flexibility index (Phi) is 2.35. The molecule has 13 heavy (non-hydrogen) atoms. The number of unbranched alkanes of at least 4 members (excludes halogenated alkanes) is 1. The molecule has 1 heteroatoms. The van der Waals surface area contributed by atoms with Gasteiger partial charge in [0.15, 0.2) is 0 Å². The third-order valence-electron chi connectivity index (χ3n) is 2.36. The van der Waals surface area contributed by atoms with E-state index in [2.05, 4.69) is 19.1 Å². The Balaban J connectivity index is 2.24. The van der Waals surface area contributed by atoms with Crippen molar-refractivity contribution in [3.05, 3.63) is 36.3 Å². The fourth-order valence-electron chi connectivity index (χ4n) is 1.60. The van der Waals surface area contributed by atoms with Gasteiger partial charge in [0.1, 0.15) is 0 Å². The highest BCUT2D eigenvalue weighted by molar-refractivity contribution is 5.66. The highest BCUT2D eigenvalue weighted by atomic mass is 16.3. The van der Waals surface area contributed by atoms with Crippen LogP contribution in [0.2, 0.25) is 0 Å². The van der Waals surface area contributed by atoms with Crippen LogP contribution in [0.15, 0.2) is 35.1 Å². The highest BCUT2D eigenvalue weighted by Crippen LogP contribution is 2.26. The van der Waals surface area contributed by atoms with E-state index in [-0.39, 0.29) is 0 Å². The maximum absolute atomic E-state index is 5.11. The van der Waals surface area contributed by atoms with Crippen LogP contribution in [0.3, 0.4) is 0 Å². The summed E-state index contributed by atoms with van der Waals surface area (Å²) in [7, 11) is 0. The lowest BCUT2D eigenvalue weighted by molar-refractivity contribution is 0.552. The standard InChI is InChI=1S/C12H14O/c1-2-3-4-10-7-11-5-6-13-9-12(11)8-10/h5-9H,2-4H2,1H3. The van der Waals surface area contributed by atoms with Gasteiger partial charge in [-0.1, -0.05) is 19.4 Å². The van der Waals surface area contributed by atoms with Crippen LogP contribution >= 0.6 is 0 Å². The minimum atomic E-state index is 1.19. The average Bonchev–Trinajstić information content (AvgIpc) is 2.57. The van der Waals surface area contributed by atoms with Crippen LogP contribution in [0.25, 0.3) is 11.1 Å². The zero-order valence-corrected chi connectivity index (χ0v) is 7.92. The minimum absolute atomic E-state index is 1.19. The number of hydrogen-bond acceptors (Lipinski definition) is 1. The molecule has 1 aliphatic heterocycles. The third-order valence-corrected chi connectivity index (χ3v) is 2.36. The van der Waals surface area contributed by atoms with Crippen molar-refractivity contribution in [2.75, 3.05) is 0 Å². The largest absolute Gasteiger partial charge is 0.472 e. The highest BCUT2D eigenvalue weighted by Gasteiger charge is 2.05. The molecule has 1 heterocycles. The fourth-order valence-corrected chi connectivity index (χ4v) is 1.60. The van der Waals surface area contributed by atoms with Crippen molar-refractivity contribution in [2.24, 2.45) is 0 Å².